The van der Waals surface area contributed by atoms with Crippen LogP contribution in [0.3, 0.4) is 0 Å². The summed E-state index contributed by atoms with van der Waals surface area (Å²) in [4.78, 5) is 22.8. The lowest BCUT2D eigenvalue weighted by atomic mass is 10.2. The number of aliphatic carboxylic acids is 1. The van der Waals surface area contributed by atoms with Gasteiger partial charge in [0.05, 0.1) is 4.92 Å². The van der Waals surface area contributed by atoms with E-state index < -0.39 is 10.9 Å². The fraction of sp³-hybridized carbons (Fsp3) is 0.267. The van der Waals surface area contributed by atoms with Crippen molar-refractivity contribution in [3.05, 3.63) is 51.4 Å². The molecule has 1 heterocycles. The number of carbonyl (C=O) groups is 1. The van der Waals surface area contributed by atoms with Crippen LogP contribution >= 0.6 is 11.3 Å². The number of hydrogen-bond acceptors (Lipinski definition) is 5. The summed E-state index contributed by atoms with van der Waals surface area (Å²) in [6.07, 6.45) is 0.779. The molecule has 6 nitrogen and oxygen atoms in total. The van der Waals surface area contributed by atoms with Crippen LogP contribution in [0.25, 0.3) is 10.4 Å². The first-order valence-corrected chi connectivity index (χ1v) is 7.64. The predicted octanol–water partition coefficient (Wildman–Crippen LogP) is 3.28. The molecule has 0 aliphatic carbocycles. The molecule has 1 aromatic heterocycles. The molecule has 0 aliphatic heterocycles. The number of thiophene rings is 1. The predicted molar refractivity (Wildman–Crippen MR) is 85.0 cm³/mol. The summed E-state index contributed by atoms with van der Waals surface area (Å²) in [6.45, 7) is 1.36. The number of rotatable bonds is 8. The van der Waals surface area contributed by atoms with Crippen LogP contribution in [0.2, 0.25) is 0 Å². The van der Waals surface area contributed by atoms with Gasteiger partial charge in [-0.05, 0) is 42.8 Å². The topological polar surface area (TPSA) is 92.5 Å². The van der Waals surface area contributed by atoms with Gasteiger partial charge in [-0.2, -0.15) is 0 Å². The molecule has 0 fully saturated rings. The van der Waals surface area contributed by atoms with Crippen molar-refractivity contribution in [3.63, 3.8) is 0 Å². The van der Waals surface area contributed by atoms with Crippen molar-refractivity contribution in [1.29, 1.82) is 0 Å². The Hall–Kier alpha value is -2.25. The van der Waals surface area contributed by atoms with Crippen LogP contribution < -0.4 is 5.32 Å². The van der Waals surface area contributed by atoms with Crippen LogP contribution in [0.4, 0.5) is 5.69 Å². The highest BCUT2D eigenvalue weighted by Gasteiger charge is 2.07. The van der Waals surface area contributed by atoms with Crippen LogP contribution in [0.5, 0.6) is 0 Å². The van der Waals surface area contributed by atoms with Gasteiger partial charge in [-0.1, -0.05) is 0 Å². The number of nitro groups is 1. The highest BCUT2D eigenvalue weighted by atomic mass is 32.1. The van der Waals surface area contributed by atoms with Crippen LogP contribution in [0, 0.1) is 10.1 Å². The summed E-state index contributed by atoms with van der Waals surface area (Å²) in [7, 11) is 0. The van der Waals surface area contributed by atoms with E-state index in [0.29, 0.717) is 19.5 Å². The number of carboxylic acids is 1. The van der Waals surface area contributed by atoms with Gasteiger partial charge in [0.25, 0.3) is 5.69 Å². The summed E-state index contributed by atoms with van der Waals surface area (Å²) >= 11 is 1.62. The molecule has 0 saturated heterocycles. The van der Waals surface area contributed by atoms with Gasteiger partial charge in [-0.15, -0.1) is 11.3 Å². The van der Waals surface area contributed by atoms with E-state index in [1.165, 1.54) is 12.1 Å². The average molecular weight is 320 g/mol. The van der Waals surface area contributed by atoms with Crippen LogP contribution in [-0.2, 0) is 11.3 Å². The van der Waals surface area contributed by atoms with Gasteiger partial charge in [-0.25, -0.2) is 0 Å². The van der Waals surface area contributed by atoms with Gasteiger partial charge in [0.15, 0.2) is 0 Å². The Morgan fingerprint density at radius 2 is 1.95 bits per heavy atom. The smallest absolute Gasteiger partial charge is 0.303 e. The van der Waals surface area contributed by atoms with E-state index in [1.54, 1.807) is 23.5 Å². The summed E-state index contributed by atoms with van der Waals surface area (Å²) < 4.78 is 0. The Labute approximate surface area is 131 Å². The monoisotopic (exact) mass is 320 g/mol. The molecule has 0 aliphatic rings. The molecule has 0 radical (unpaired) electrons. The maximum Gasteiger partial charge on any atom is 0.303 e. The summed E-state index contributed by atoms with van der Waals surface area (Å²) in [5.41, 5.74) is 1.04. The van der Waals surface area contributed by atoms with E-state index >= 15 is 0 Å². The largest absolute Gasteiger partial charge is 0.481 e. The maximum absolute atomic E-state index is 10.6. The molecule has 0 atom stereocenters. The number of nitrogens with one attached hydrogen (secondary N) is 1. The second kappa shape index (κ2) is 7.67. The summed E-state index contributed by atoms with van der Waals surface area (Å²) in [5, 5.41) is 22.4. The number of non-ortho nitro benzene ring substituents is 1. The zero-order valence-corrected chi connectivity index (χ0v) is 12.6. The summed E-state index contributed by atoms with van der Waals surface area (Å²) in [5.74, 6) is -0.779. The second-order valence-electron chi connectivity index (χ2n) is 4.74. The van der Waals surface area contributed by atoms with E-state index in [9.17, 15) is 14.9 Å². The van der Waals surface area contributed by atoms with Gasteiger partial charge in [-0.3, -0.25) is 14.9 Å². The molecule has 0 saturated carbocycles. The minimum Gasteiger partial charge on any atom is -0.481 e. The van der Waals surface area contributed by atoms with Crippen molar-refractivity contribution in [2.24, 2.45) is 0 Å². The van der Waals surface area contributed by atoms with Crippen molar-refractivity contribution in [2.75, 3.05) is 6.54 Å². The molecule has 22 heavy (non-hydrogen) atoms. The molecule has 0 bridgehead atoms. The van der Waals surface area contributed by atoms with E-state index in [4.69, 9.17) is 5.11 Å². The quantitative estimate of drug-likeness (QED) is 0.442. The van der Waals surface area contributed by atoms with Gasteiger partial charge >= 0.3 is 5.97 Å². The first-order chi connectivity index (χ1) is 10.6. The Morgan fingerprint density at radius 3 is 2.59 bits per heavy atom. The fourth-order valence-corrected chi connectivity index (χ4v) is 2.93. The number of nitro benzene ring substituents is 1. The van der Waals surface area contributed by atoms with Crippen LogP contribution in [0.15, 0.2) is 36.4 Å². The Kier molecular flexibility index (Phi) is 5.62. The molecule has 1 aromatic carbocycles. The minimum atomic E-state index is -0.779. The van der Waals surface area contributed by atoms with Gasteiger partial charge in [0.2, 0.25) is 0 Å². The first-order valence-electron chi connectivity index (χ1n) is 6.82. The van der Waals surface area contributed by atoms with E-state index in [1.807, 2.05) is 12.1 Å². The molecule has 7 heteroatoms. The van der Waals surface area contributed by atoms with E-state index in [-0.39, 0.29) is 12.1 Å². The van der Waals surface area contributed by atoms with Crippen LogP contribution in [-0.4, -0.2) is 22.5 Å². The number of nitrogens with zero attached hydrogens (tertiary/aromatic N) is 1. The lowest BCUT2D eigenvalue weighted by Crippen LogP contribution is -2.14. The van der Waals surface area contributed by atoms with E-state index in [0.717, 1.165) is 15.3 Å². The van der Waals surface area contributed by atoms with Crippen molar-refractivity contribution < 1.29 is 14.8 Å². The number of carboxylic acid groups (broad SMARTS) is 1. The Balaban J connectivity index is 1.88. The first kappa shape index (κ1) is 16.1. The third-order valence-corrected chi connectivity index (χ3v) is 4.20. The zero-order chi connectivity index (χ0) is 15.9. The summed E-state index contributed by atoms with van der Waals surface area (Å²) in [6, 6.07) is 10.5. The lowest BCUT2D eigenvalue weighted by molar-refractivity contribution is -0.384. The molecule has 0 amide bonds. The molecule has 0 unspecified atom stereocenters. The lowest BCUT2D eigenvalue weighted by Gasteiger charge is -2.01. The molecular weight excluding hydrogens is 304 g/mol. The average Bonchev–Trinajstić information content (AvgIpc) is 2.95. The van der Waals surface area contributed by atoms with Gasteiger partial charge < -0.3 is 10.4 Å². The standard InChI is InChI=1S/C15H16N2O4S/c18-15(19)2-1-9-16-10-13-7-8-14(22-13)11-3-5-12(6-4-11)17(20)21/h3-8,16H,1-2,9-10H2,(H,18,19). The molecule has 2 rings (SSSR count). The fourth-order valence-electron chi connectivity index (χ4n) is 1.95. The third kappa shape index (κ3) is 4.64. The second-order valence-corrected chi connectivity index (χ2v) is 5.91. The molecule has 0 spiro atoms. The van der Waals surface area contributed by atoms with Crippen molar-refractivity contribution in [1.82, 2.24) is 5.32 Å². The normalized spacial score (nSPS) is 10.5. The highest BCUT2D eigenvalue weighted by molar-refractivity contribution is 7.15. The third-order valence-electron chi connectivity index (χ3n) is 3.07. The van der Waals surface area contributed by atoms with Gasteiger partial charge in [0.1, 0.15) is 0 Å². The molecule has 2 aromatic rings. The van der Waals surface area contributed by atoms with E-state index in [2.05, 4.69) is 5.32 Å². The zero-order valence-electron chi connectivity index (χ0n) is 11.8. The van der Waals surface area contributed by atoms with Crippen molar-refractivity contribution >= 4 is 23.0 Å². The number of benzene rings is 1. The SMILES string of the molecule is O=C(O)CCCNCc1ccc(-c2ccc([N+](=O)[O-])cc2)s1. The minimum absolute atomic E-state index is 0.0839. The van der Waals surface area contributed by atoms with Crippen molar-refractivity contribution in [2.45, 2.75) is 19.4 Å². The molecular formula is C15H16N2O4S. The van der Waals surface area contributed by atoms with Crippen molar-refractivity contribution in [3.8, 4) is 10.4 Å². The molecule has 116 valence electrons. The maximum atomic E-state index is 10.6. The highest BCUT2D eigenvalue weighted by Crippen LogP contribution is 2.29. The Morgan fingerprint density at radius 1 is 1.23 bits per heavy atom. The van der Waals surface area contributed by atoms with Crippen LogP contribution in [0.1, 0.15) is 17.7 Å². The molecule has 2 N–H and O–H groups in total. The number of hydrogen-bond donors (Lipinski definition) is 2. The van der Waals surface area contributed by atoms with Gasteiger partial charge in [0, 0.05) is 34.9 Å². The Bertz CT molecular complexity index is 652.